The summed E-state index contributed by atoms with van der Waals surface area (Å²) in [6, 6.07) is 6.63. The Hall–Kier alpha value is -3.49. The third-order valence-corrected chi connectivity index (χ3v) is 4.13. The van der Waals surface area contributed by atoms with Crippen molar-refractivity contribution in [1.29, 1.82) is 0 Å². The van der Waals surface area contributed by atoms with E-state index in [1.807, 2.05) is 0 Å². The quantitative estimate of drug-likeness (QED) is 0.604. The lowest BCUT2D eigenvalue weighted by Crippen LogP contribution is -2.49. The fourth-order valence-corrected chi connectivity index (χ4v) is 2.83. The van der Waals surface area contributed by atoms with Crippen LogP contribution in [0.1, 0.15) is 30.6 Å². The predicted molar refractivity (Wildman–Crippen MR) is 102 cm³/mol. The molecule has 0 radical (unpaired) electrons. The molecule has 2 rings (SSSR count). The minimum Gasteiger partial charge on any atom is -0.480 e. The maximum Gasteiger partial charge on any atom is 0.327 e. The number of ether oxygens (including phenoxy) is 2. The highest BCUT2D eigenvalue weighted by atomic mass is 16.5. The monoisotopic (exact) mass is 402 g/mol. The first-order valence-electron chi connectivity index (χ1n) is 9.08. The molecule has 2 N–H and O–H groups in total. The Kier molecular flexibility index (Phi) is 7.64. The molecule has 9 nitrogen and oxygen atoms in total. The van der Waals surface area contributed by atoms with Gasteiger partial charge in [-0.2, -0.15) is 0 Å². The number of benzene rings is 1. The van der Waals surface area contributed by atoms with Crippen LogP contribution in [-0.4, -0.2) is 53.2 Å². The van der Waals surface area contributed by atoms with Gasteiger partial charge in [0.2, 0.25) is 0 Å². The number of aromatic nitrogens is 1. The van der Waals surface area contributed by atoms with Gasteiger partial charge in [-0.3, -0.25) is 19.4 Å². The first-order chi connectivity index (χ1) is 13.9. The van der Waals surface area contributed by atoms with Crippen LogP contribution in [0.25, 0.3) is 10.9 Å². The Morgan fingerprint density at radius 1 is 1.07 bits per heavy atom. The molecule has 9 heteroatoms. The molecule has 0 fully saturated rings. The lowest BCUT2D eigenvalue weighted by molar-refractivity contribution is -0.159. The van der Waals surface area contributed by atoms with Crippen molar-refractivity contribution in [3.63, 3.8) is 0 Å². The lowest BCUT2D eigenvalue weighted by atomic mass is 9.95. The van der Waals surface area contributed by atoms with Crippen LogP contribution < -0.4 is 5.32 Å². The van der Waals surface area contributed by atoms with Crippen molar-refractivity contribution in [1.82, 2.24) is 10.3 Å². The molecule has 1 aromatic carbocycles. The summed E-state index contributed by atoms with van der Waals surface area (Å²) in [5.41, 5.74) is 0.751. The Labute approximate surface area is 167 Å². The number of aliphatic carboxylic acids is 1. The van der Waals surface area contributed by atoms with Gasteiger partial charge in [0.25, 0.3) is 5.91 Å². The van der Waals surface area contributed by atoms with Gasteiger partial charge in [-0.25, -0.2) is 4.79 Å². The number of rotatable bonds is 9. The van der Waals surface area contributed by atoms with Gasteiger partial charge in [-0.15, -0.1) is 0 Å². The number of carbonyl (C=O) groups is 4. The molecule has 2 atom stereocenters. The van der Waals surface area contributed by atoms with Gasteiger partial charge in [-0.1, -0.05) is 18.2 Å². The van der Waals surface area contributed by atoms with Crippen molar-refractivity contribution in [2.24, 2.45) is 5.92 Å². The summed E-state index contributed by atoms with van der Waals surface area (Å²) >= 11 is 0. The Morgan fingerprint density at radius 2 is 1.76 bits per heavy atom. The second kappa shape index (κ2) is 10.2. The normalized spacial score (nSPS) is 12.6. The average Bonchev–Trinajstić information content (AvgIpc) is 2.70. The number of para-hydroxylation sites is 1. The fraction of sp³-hybridized carbons (Fsp3) is 0.350. The Balaban J connectivity index is 2.33. The molecule has 1 amide bonds. The van der Waals surface area contributed by atoms with E-state index >= 15 is 0 Å². The topological polar surface area (TPSA) is 132 Å². The molecule has 1 heterocycles. The maximum absolute atomic E-state index is 12.8. The van der Waals surface area contributed by atoms with Crippen molar-refractivity contribution in [3.05, 3.63) is 42.1 Å². The smallest absolute Gasteiger partial charge is 0.327 e. The second-order valence-electron chi connectivity index (χ2n) is 6.03. The van der Waals surface area contributed by atoms with Crippen LogP contribution in [0.5, 0.6) is 0 Å². The SMILES string of the molecule is CCOC(=O)C[C@H](C(=O)OCC)[C@H](NC(=O)c1ccnc2ccccc12)C(=O)O. The summed E-state index contributed by atoms with van der Waals surface area (Å²) in [6.07, 6.45) is 0.884. The molecule has 0 unspecified atom stereocenters. The van der Waals surface area contributed by atoms with Gasteiger partial charge < -0.3 is 19.9 Å². The summed E-state index contributed by atoms with van der Waals surface area (Å²) in [5.74, 6) is -5.30. The van der Waals surface area contributed by atoms with Gasteiger partial charge in [0.05, 0.1) is 36.6 Å². The fourth-order valence-electron chi connectivity index (χ4n) is 2.83. The van der Waals surface area contributed by atoms with E-state index in [0.29, 0.717) is 10.9 Å². The molecule has 154 valence electrons. The van der Waals surface area contributed by atoms with Crippen molar-refractivity contribution >= 4 is 34.7 Å². The van der Waals surface area contributed by atoms with E-state index in [2.05, 4.69) is 10.3 Å². The zero-order valence-corrected chi connectivity index (χ0v) is 16.1. The highest BCUT2D eigenvalue weighted by Crippen LogP contribution is 2.18. The largest absolute Gasteiger partial charge is 0.480 e. The number of carboxylic acids is 1. The van der Waals surface area contributed by atoms with Crippen LogP contribution in [0.15, 0.2) is 36.5 Å². The summed E-state index contributed by atoms with van der Waals surface area (Å²) in [6.45, 7) is 3.20. The summed E-state index contributed by atoms with van der Waals surface area (Å²) < 4.78 is 9.72. The van der Waals surface area contributed by atoms with Gasteiger partial charge in [0.1, 0.15) is 6.04 Å². The first-order valence-corrected chi connectivity index (χ1v) is 9.08. The molecular formula is C20H22N2O7. The summed E-state index contributed by atoms with van der Waals surface area (Å²) in [5, 5.41) is 12.5. The highest BCUT2D eigenvalue weighted by molar-refractivity contribution is 6.07. The molecule has 1 aromatic heterocycles. The third kappa shape index (κ3) is 5.50. The lowest BCUT2D eigenvalue weighted by Gasteiger charge is -2.23. The van der Waals surface area contributed by atoms with E-state index in [0.717, 1.165) is 0 Å². The molecule has 0 bridgehead atoms. The minimum atomic E-state index is -1.68. The van der Waals surface area contributed by atoms with Gasteiger partial charge in [0.15, 0.2) is 0 Å². The second-order valence-corrected chi connectivity index (χ2v) is 6.03. The number of nitrogens with zero attached hydrogens (tertiary/aromatic N) is 1. The molecule has 0 aliphatic carbocycles. The Morgan fingerprint density at radius 3 is 2.41 bits per heavy atom. The number of carbonyl (C=O) groups excluding carboxylic acids is 3. The summed E-state index contributed by atoms with van der Waals surface area (Å²) in [4.78, 5) is 53.0. The number of pyridine rings is 1. The molecule has 29 heavy (non-hydrogen) atoms. The molecule has 0 spiro atoms. The molecule has 0 aliphatic rings. The van der Waals surface area contributed by atoms with Crippen LogP contribution in [0.2, 0.25) is 0 Å². The van der Waals surface area contributed by atoms with Gasteiger partial charge in [-0.05, 0) is 26.0 Å². The first kappa shape index (κ1) is 21.8. The average molecular weight is 402 g/mol. The molecule has 0 aliphatic heterocycles. The van der Waals surface area contributed by atoms with Crippen LogP contribution >= 0.6 is 0 Å². The number of esters is 2. The number of nitrogens with one attached hydrogen (secondary N) is 1. The zero-order chi connectivity index (χ0) is 21.4. The molecule has 0 saturated carbocycles. The van der Waals surface area contributed by atoms with Gasteiger partial charge >= 0.3 is 17.9 Å². The van der Waals surface area contributed by atoms with Crippen LogP contribution in [0, 0.1) is 5.92 Å². The van der Waals surface area contributed by atoms with E-state index in [1.165, 1.54) is 12.3 Å². The van der Waals surface area contributed by atoms with Crippen LogP contribution in [0.4, 0.5) is 0 Å². The maximum atomic E-state index is 12.8. The van der Waals surface area contributed by atoms with E-state index in [-0.39, 0.29) is 18.8 Å². The van der Waals surface area contributed by atoms with Crippen molar-refractivity contribution in [2.75, 3.05) is 13.2 Å². The van der Waals surface area contributed by atoms with E-state index in [1.54, 1.807) is 38.1 Å². The number of hydrogen-bond acceptors (Lipinski definition) is 7. The molecule has 2 aromatic rings. The molecule has 0 saturated heterocycles. The third-order valence-electron chi connectivity index (χ3n) is 4.13. The highest BCUT2D eigenvalue weighted by Gasteiger charge is 2.38. The standard InChI is InChI=1S/C20H22N2O7/c1-3-28-16(23)11-14(20(27)29-4-2)17(19(25)26)22-18(24)13-9-10-21-15-8-6-5-7-12(13)15/h5-10,14,17H,3-4,11H2,1-2H3,(H,22,24)(H,25,26)/t14-,17-/m0/s1. The zero-order valence-electron chi connectivity index (χ0n) is 16.1. The number of hydrogen-bond donors (Lipinski definition) is 2. The molecular weight excluding hydrogens is 380 g/mol. The Bertz CT molecular complexity index is 907. The number of fused-ring (bicyclic) bond motifs is 1. The van der Waals surface area contributed by atoms with E-state index in [4.69, 9.17) is 9.47 Å². The number of carboxylic acid groups (broad SMARTS) is 1. The van der Waals surface area contributed by atoms with Crippen molar-refractivity contribution in [2.45, 2.75) is 26.3 Å². The minimum absolute atomic E-state index is 0.00651. The number of amides is 1. The van der Waals surface area contributed by atoms with Gasteiger partial charge in [0, 0.05) is 11.6 Å². The van der Waals surface area contributed by atoms with E-state index in [9.17, 15) is 24.3 Å². The predicted octanol–water partition coefficient (Wildman–Crippen LogP) is 1.55. The van der Waals surface area contributed by atoms with Crippen molar-refractivity contribution < 1.29 is 33.8 Å². The summed E-state index contributed by atoms with van der Waals surface area (Å²) in [7, 11) is 0. The van der Waals surface area contributed by atoms with Crippen LogP contribution in [0.3, 0.4) is 0 Å². The van der Waals surface area contributed by atoms with E-state index < -0.39 is 42.2 Å². The van der Waals surface area contributed by atoms with Crippen LogP contribution in [-0.2, 0) is 23.9 Å². The van der Waals surface area contributed by atoms with Crippen molar-refractivity contribution in [3.8, 4) is 0 Å².